The third kappa shape index (κ3) is 4.18. The normalized spacial score (nSPS) is 11.1. The molecule has 2 nitrogen and oxygen atoms in total. The molecule has 0 bridgehead atoms. The van der Waals surface area contributed by atoms with Crippen molar-refractivity contribution in [1.29, 1.82) is 0 Å². The molecule has 0 fully saturated rings. The number of hydrogen-bond acceptors (Lipinski definition) is 2. The molecule has 0 amide bonds. The first-order valence-electron chi connectivity index (χ1n) is 8.50. The maximum Gasteiger partial charge on any atom is 0.350 e. The Labute approximate surface area is 180 Å². The van der Waals surface area contributed by atoms with Gasteiger partial charge in [0.2, 0.25) is 0 Å². The zero-order valence-corrected chi connectivity index (χ0v) is 18.4. The standard InChI is InChI=1S/C22H17Cl3O2Si/c1-15(2)22(26)27-28(19-9-3-16(23)4-10-19,20-11-5-17(24)6-12-20)21-13-7-18(25)8-14-21/h3-14H,1H2,2H3. The van der Waals surface area contributed by atoms with Crippen molar-refractivity contribution in [3.63, 3.8) is 0 Å². The van der Waals surface area contributed by atoms with Gasteiger partial charge in [0.1, 0.15) is 0 Å². The van der Waals surface area contributed by atoms with E-state index in [1.54, 1.807) is 43.3 Å². The molecule has 0 aliphatic heterocycles. The Kier molecular flexibility index (Phi) is 6.31. The van der Waals surface area contributed by atoms with E-state index < -0.39 is 14.3 Å². The average Bonchev–Trinajstić information content (AvgIpc) is 2.68. The molecule has 0 N–H and O–H groups in total. The fourth-order valence-electron chi connectivity index (χ4n) is 2.96. The van der Waals surface area contributed by atoms with Crippen molar-refractivity contribution in [1.82, 2.24) is 0 Å². The first-order valence-corrected chi connectivity index (χ1v) is 11.5. The van der Waals surface area contributed by atoms with Gasteiger partial charge in [0, 0.05) is 20.6 Å². The summed E-state index contributed by atoms with van der Waals surface area (Å²) in [7, 11) is -3.20. The molecule has 0 spiro atoms. The smallest absolute Gasteiger partial charge is 0.350 e. The van der Waals surface area contributed by atoms with E-state index in [0.29, 0.717) is 20.6 Å². The number of rotatable bonds is 5. The van der Waals surface area contributed by atoms with E-state index in [1.165, 1.54) is 0 Å². The van der Waals surface area contributed by atoms with Crippen LogP contribution in [0.3, 0.4) is 0 Å². The van der Waals surface area contributed by atoms with Gasteiger partial charge in [0.05, 0.1) is 0 Å². The fraction of sp³-hybridized carbons (Fsp3) is 0.0455. The quantitative estimate of drug-likeness (QED) is 0.321. The van der Waals surface area contributed by atoms with Gasteiger partial charge >= 0.3 is 14.3 Å². The van der Waals surface area contributed by atoms with Crippen LogP contribution < -0.4 is 15.6 Å². The van der Waals surface area contributed by atoms with Gasteiger partial charge < -0.3 is 4.43 Å². The van der Waals surface area contributed by atoms with E-state index in [4.69, 9.17) is 39.2 Å². The summed E-state index contributed by atoms with van der Waals surface area (Å²) in [5.74, 6) is -0.452. The highest BCUT2D eigenvalue weighted by Gasteiger charge is 2.45. The largest absolute Gasteiger partial charge is 0.502 e. The van der Waals surface area contributed by atoms with Gasteiger partial charge in [-0.2, -0.15) is 0 Å². The van der Waals surface area contributed by atoms with Gasteiger partial charge in [-0.15, -0.1) is 0 Å². The van der Waals surface area contributed by atoms with E-state index in [9.17, 15) is 4.79 Å². The predicted molar refractivity (Wildman–Crippen MR) is 120 cm³/mol. The lowest BCUT2D eigenvalue weighted by Crippen LogP contribution is -2.70. The zero-order valence-electron chi connectivity index (χ0n) is 15.1. The number of halogens is 3. The summed E-state index contributed by atoms with van der Waals surface area (Å²) in [6.07, 6.45) is 0. The van der Waals surface area contributed by atoms with E-state index in [0.717, 1.165) is 15.6 Å². The van der Waals surface area contributed by atoms with Crippen molar-refractivity contribution in [3.8, 4) is 0 Å². The highest BCUT2D eigenvalue weighted by Crippen LogP contribution is 2.17. The van der Waals surface area contributed by atoms with Crippen LogP contribution in [0.15, 0.2) is 84.9 Å². The van der Waals surface area contributed by atoms with Crippen LogP contribution in [-0.4, -0.2) is 14.3 Å². The molecule has 3 rings (SSSR count). The molecule has 3 aromatic carbocycles. The zero-order chi connectivity index (χ0) is 20.3. The number of benzene rings is 3. The Morgan fingerprint density at radius 2 is 1.00 bits per heavy atom. The minimum atomic E-state index is -3.20. The Morgan fingerprint density at radius 3 is 1.25 bits per heavy atom. The lowest BCUT2D eigenvalue weighted by molar-refractivity contribution is -0.130. The Bertz CT molecular complexity index is 887. The highest BCUT2D eigenvalue weighted by molar-refractivity contribution is 7.08. The molecule has 0 unspecified atom stereocenters. The number of carbonyl (C=O) groups is 1. The summed E-state index contributed by atoms with van der Waals surface area (Å²) in [6.45, 7) is 5.38. The summed E-state index contributed by atoms with van der Waals surface area (Å²) in [5, 5.41) is 4.42. The number of hydrogen-bond donors (Lipinski definition) is 0. The van der Waals surface area contributed by atoms with Crippen LogP contribution in [0.2, 0.25) is 15.1 Å². The third-order valence-corrected chi connectivity index (χ3v) is 9.03. The molecule has 0 aromatic heterocycles. The molecule has 0 saturated heterocycles. The first kappa shape index (κ1) is 20.7. The van der Waals surface area contributed by atoms with Crippen molar-refractivity contribution < 1.29 is 9.22 Å². The second-order valence-electron chi connectivity index (χ2n) is 6.37. The van der Waals surface area contributed by atoms with Gasteiger partial charge in [-0.05, 0) is 58.9 Å². The van der Waals surface area contributed by atoms with E-state index >= 15 is 0 Å². The molecule has 142 valence electrons. The van der Waals surface area contributed by atoms with Crippen molar-refractivity contribution in [2.75, 3.05) is 0 Å². The lowest BCUT2D eigenvalue weighted by atomic mass is 10.3. The van der Waals surface area contributed by atoms with Gasteiger partial charge in [0.15, 0.2) is 0 Å². The molecule has 6 heteroatoms. The molecule has 0 atom stereocenters. The average molecular weight is 448 g/mol. The minimum absolute atomic E-state index is 0.328. The van der Waals surface area contributed by atoms with Gasteiger partial charge in [-0.3, -0.25) is 0 Å². The van der Waals surface area contributed by atoms with Crippen molar-refractivity contribution in [2.24, 2.45) is 0 Å². The molecule has 0 radical (unpaired) electrons. The molecule has 0 saturated carbocycles. The van der Waals surface area contributed by atoms with Crippen LogP contribution in [0, 0.1) is 0 Å². The summed E-state index contributed by atoms with van der Waals surface area (Å²) in [5.41, 5.74) is 0.328. The second kappa shape index (κ2) is 8.54. The maximum absolute atomic E-state index is 12.7. The molecule has 0 heterocycles. The number of carbonyl (C=O) groups excluding carboxylic acids is 1. The van der Waals surface area contributed by atoms with Gasteiger partial charge in [-0.25, -0.2) is 4.79 Å². The Morgan fingerprint density at radius 1 is 0.714 bits per heavy atom. The van der Waals surface area contributed by atoms with E-state index in [-0.39, 0.29) is 0 Å². The van der Waals surface area contributed by atoms with Crippen molar-refractivity contribution in [2.45, 2.75) is 6.92 Å². The topological polar surface area (TPSA) is 26.3 Å². The summed E-state index contributed by atoms with van der Waals surface area (Å²) in [6, 6.07) is 22.1. The lowest BCUT2D eigenvalue weighted by Gasteiger charge is -2.32. The van der Waals surface area contributed by atoms with Crippen LogP contribution >= 0.6 is 34.8 Å². The molecule has 0 aliphatic rings. The molecule has 3 aromatic rings. The fourth-order valence-corrected chi connectivity index (χ4v) is 7.05. The molecule has 0 aliphatic carbocycles. The van der Waals surface area contributed by atoms with Crippen LogP contribution in [0.25, 0.3) is 0 Å². The van der Waals surface area contributed by atoms with Crippen LogP contribution in [0.1, 0.15) is 6.92 Å². The minimum Gasteiger partial charge on any atom is -0.502 e. The maximum atomic E-state index is 12.7. The summed E-state index contributed by atoms with van der Waals surface area (Å²) < 4.78 is 6.25. The molecular weight excluding hydrogens is 431 g/mol. The highest BCUT2D eigenvalue weighted by atomic mass is 35.5. The second-order valence-corrected chi connectivity index (χ2v) is 11.0. The predicted octanol–water partition coefficient (Wildman–Crippen LogP) is 4.73. The molecular formula is C22H17Cl3O2Si. The van der Waals surface area contributed by atoms with Crippen LogP contribution in [0.5, 0.6) is 0 Å². The van der Waals surface area contributed by atoms with Gasteiger partial charge in [-0.1, -0.05) is 77.8 Å². The summed E-state index contributed by atoms with van der Waals surface area (Å²) >= 11 is 18.3. The van der Waals surface area contributed by atoms with Gasteiger partial charge in [0.25, 0.3) is 0 Å². The van der Waals surface area contributed by atoms with Crippen molar-refractivity contribution in [3.05, 3.63) is 100 Å². The van der Waals surface area contributed by atoms with Crippen molar-refractivity contribution >= 4 is 64.6 Å². The third-order valence-electron chi connectivity index (χ3n) is 4.35. The SMILES string of the molecule is C=C(C)C(=O)O[Si](c1ccc(Cl)cc1)(c1ccc(Cl)cc1)c1ccc(Cl)cc1. The Hall–Kier alpha value is -2.04. The van der Waals surface area contributed by atoms with E-state index in [1.807, 2.05) is 36.4 Å². The first-order chi connectivity index (χ1) is 13.3. The van der Waals surface area contributed by atoms with E-state index in [2.05, 4.69) is 6.58 Å². The monoisotopic (exact) mass is 446 g/mol. The summed E-state index contributed by atoms with van der Waals surface area (Å²) in [4.78, 5) is 12.7. The Balaban J connectivity index is 2.34. The molecule has 28 heavy (non-hydrogen) atoms. The van der Waals surface area contributed by atoms with Crippen LogP contribution in [0.4, 0.5) is 0 Å². The van der Waals surface area contributed by atoms with Crippen LogP contribution in [-0.2, 0) is 9.22 Å².